The van der Waals surface area contributed by atoms with Gasteiger partial charge in [-0.1, -0.05) is 33.1 Å². The third-order valence-electron chi connectivity index (χ3n) is 4.69. The van der Waals surface area contributed by atoms with Crippen molar-refractivity contribution in [3.05, 3.63) is 16.3 Å². The van der Waals surface area contributed by atoms with Crippen molar-refractivity contribution in [1.29, 1.82) is 0 Å². The van der Waals surface area contributed by atoms with Crippen molar-refractivity contribution in [2.24, 2.45) is 11.8 Å². The first-order valence-electron chi connectivity index (χ1n) is 8.14. The zero-order chi connectivity index (χ0) is 14.4. The standard InChI is InChI=1S/C17H29NOS/c1-4-10-18-17(16-11-15(19-3)12-20-16)14-8-6-13(5-2)7-9-14/h11-14,17-18H,4-10H2,1-3H3. The Morgan fingerprint density at radius 2 is 2.05 bits per heavy atom. The van der Waals surface area contributed by atoms with Crippen LogP contribution in [0.4, 0.5) is 0 Å². The molecule has 20 heavy (non-hydrogen) atoms. The molecule has 1 aromatic rings. The van der Waals surface area contributed by atoms with E-state index >= 15 is 0 Å². The topological polar surface area (TPSA) is 21.3 Å². The summed E-state index contributed by atoms with van der Waals surface area (Å²) in [5.41, 5.74) is 0. The second-order valence-electron chi connectivity index (χ2n) is 6.01. The molecule has 1 saturated carbocycles. The van der Waals surface area contributed by atoms with E-state index in [9.17, 15) is 0 Å². The highest BCUT2D eigenvalue weighted by Gasteiger charge is 2.28. The normalized spacial score (nSPS) is 24.6. The molecule has 3 heteroatoms. The molecule has 0 aromatic carbocycles. The molecular weight excluding hydrogens is 266 g/mol. The van der Waals surface area contributed by atoms with Crippen LogP contribution in [-0.4, -0.2) is 13.7 Å². The van der Waals surface area contributed by atoms with Gasteiger partial charge in [0.05, 0.1) is 7.11 Å². The molecule has 0 amide bonds. The number of ether oxygens (including phenoxy) is 1. The molecule has 0 saturated heterocycles. The van der Waals surface area contributed by atoms with Gasteiger partial charge in [0.25, 0.3) is 0 Å². The molecule has 114 valence electrons. The van der Waals surface area contributed by atoms with Crippen molar-refractivity contribution >= 4 is 11.3 Å². The molecule has 1 aliphatic rings. The Kier molecular flexibility index (Phi) is 6.37. The summed E-state index contributed by atoms with van der Waals surface area (Å²) in [4.78, 5) is 1.45. The van der Waals surface area contributed by atoms with Gasteiger partial charge in [-0.15, -0.1) is 11.3 Å². The third kappa shape index (κ3) is 3.98. The third-order valence-corrected chi connectivity index (χ3v) is 5.69. The maximum absolute atomic E-state index is 5.35. The molecule has 2 nitrogen and oxygen atoms in total. The Labute approximate surface area is 127 Å². The van der Waals surface area contributed by atoms with Gasteiger partial charge in [0.15, 0.2) is 0 Å². The van der Waals surface area contributed by atoms with E-state index in [0.717, 1.165) is 24.1 Å². The molecule has 0 radical (unpaired) electrons. The summed E-state index contributed by atoms with van der Waals surface area (Å²) in [6, 6.07) is 2.76. The lowest BCUT2D eigenvalue weighted by molar-refractivity contribution is 0.220. The summed E-state index contributed by atoms with van der Waals surface area (Å²) < 4.78 is 5.35. The Bertz CT molecular complexity index is 382. The van der Waals surface area contributed by atoms with Gasteiger partial charge in [-0.25, -0.2) is 0 Å². The van der Waals surface area contributed by atoms with Crippen LogP contribution in [0, 0.1) is 11.8 Å². The second kappa shape index (κ2) is 8.04. The Morgan fingerprint density at radius 1 is 1.30 bits per heavy atom. The number of hydrogen-bond donors (Lipinski definition) is 1. The fraction of sp³-hybridized carbons (Fsp3) is 0.765. The largest absolute Gasteiger partial charge is 0.496 e. The van der Waals surface area contributed by atoms with Crippen LogP contribution >= 0.6 is 11.3 Å². The van der Waals surface area contributed by atoms with Crippen molar-refractivity contribution in [1.82, 2.24) is 5.32 Å². The molecule has 1 aliphatic carbocycles. The van der Waals surface area contributed by atoms with Crippen LogP contribution < -0.4 is 10.1 Å². The molecule has 1 atom stereocenters. The van der Waals surface area contributed by atoms with E-state index in [1.165, 1.54) is 43.4 Å². The second-order valence-corrected chi connectivity index (χ2v) is 6.95. The molecule has 2 rings (SSSR count). The van der Waals surface area contributed by atoms with Crippen molar-refractivity contribution in [3.63, 3.8) is 0 Å². The van der Waals surface area contributed by atoms with Crippen molar-refractivity contribution in [2.75, 3.05) is 13.7 Å². The predicted molar refractivity (Wildman–Crippen MR) is 87.6 cm³/mol. The Morgan fingerprint density at radius 3 is 2.60 bits per heavy atom. The number of nitrogens with one attached hydrogen (secondary N) is 1. The number of thiophene rings is 1. The molecular formula is C17H29NOS. The minimum Gasteiger partial charge on any atom is -0.496 e. The lowest BCUT2D eigenvalue weighted by Gasteiger charge is -2.33. The predicted octanol–water partition coefficient (Wildman–Crippen LogP) is 5.01. The summed E-state index contributed by atoms with van der Waals surface area (Å²) in [5, 5.41) is 5.91. The number of rotatable bonds is 7. The fourth-order valence-electron chi connectivity index (χ4n) is 3.33. The molecule has 0 aliphatic heterocycles. The van der Waals surface area contributed by atoms with Gasteiger partial charge in [0, 0.05) is 16.3 Å². The number of methoxy groups -OCH3 is 1. The van der Waals surface area contributed by atoms with Crippen LogP contribution in [-0.2, 0) is 0 Å². The van der Waals surface area contributed by atoms with Crippen LogP contribution in [0.5, 0.6) is 5.75 Å². The van der Waals surface area contributed by atoms with Crippen molar-refractivity contribution in [2.45, 2.75) is 58.4 Å². The molecule has 1 N–H and O–H groups in total. The Balaban J connectivity index is 2.03. The van der Waals surface area contributed by atoms with E-state index in [2.05, 4.69) is 30.6 Å². The smallest absolute Gasteiger partial charge is 0.129 e. The Hall–Kier alpha value is -0.540. The van der Waals surface area contributed by atoms with E-state index in [-0.39, 0.29) is 0 Å². The molecule has 0 bridgehead atoms. The van der Waals surface area contributed by atoms with Gasteiger partial charge in [-0.3, -0.25) is 0 Å². The molecule has 1 heterocycles. The van der Waals surface area contributed by atoms with E-state index in [1.54, 1.807) is 7.11 Å². The van der Waals surface area contributed by atoms with Crippen LogP contribution in [0.1, 0.15) is 63.3 Å². The first-order valence-corrected chi connectivity index (χ1v) is 9.02. The first-order chi connectivity index (χ1) is 9.78. The molecule has 1 aromatic heterocycles. The van der Waals surface area contributed by atoms with E-state index in [4.69, 9.17) is 4.74 Å². The highest BCUT2D eigenvalue weighted by Crippen LogP contribution is 2.40. The lowest BCUT2D eigenvalue weighted by atomic mass is 9.77. The summed E-state index contributed by atoms with van der Waals surface area (Å²) in [6.07, 6.45) is 8.12. The van der Waals surface area contributed by atoms with E-state index < -0.39 is 0 Å². The summed E-state index contributed by atoms with van der Waals surface area (Å²) in [6.45, 7) is 5.69. The number of hydrogen-bond acceptors (Lipinski definition) is 3. The van der Waals surface area contributed by atoms with Crippen molar-refractivity contribution in [3.8, 4) is 5.75 Å². The average Bonchev–Trinajstić information content (AvgIpc) is 2.97. The SMILES string of the molecule is CCCNC(c1cc(OC)cs1)C1CCC(CC)CC1. The molecule has 0 spiro atoms. The minimum atomic E-state index is 0.529. The minimum absolute atomic E-state index is 0.529. The molecule has 1 fully saturated rings. The van der Waals surface area contributed by atoms with Crippen LogP contribution in [0.2, 0.25) is 0 Å². The van der Waals surface area contributed by atoms with Gasteiger partial charge in [0.1, 0.15) is 5.75 Å². The van der Waals surface area contributed by atoms with Crippen LogP contribution in [0.3, 0.4) is 0 Å². The first kappa shape index (κ1) is 15.8. The average molecular weight is 295 g/mol. The summed E-state index contributed by atoms with van der Waals surface area (Å²) in [5.74, 6) is 2.78. The highest BCUT2D eigenvalue weighted by molar-refractivity contribution is 7.10. The summed E-state index contributed by atoms with van der Waals surface area (Å²) >= 11 is 1.85. The quantitative estimate of drug-likeness (QED) is 0.763. The van der Waals surface area contributed by atoms with Crippen LogP contribution in [0.25, 0.3) is 0 Å². The summed E-state index contributed by atoms with van der Waals surface area (Å²) in [7, 11) is 1.76. The van der Waals surface area contributed by atoms with Crippen molar-refractivity contribution < 1.29 is 4.74 Å². The zero-order valence-electron chi connectivity index (χ0n) is 13.2. The van der Waals surface area contributed by atoms with Gasteiger partial charge in [-0.05, 0) is 43.7 Å². The maximum atomic E-state index is 5.35. The van der Waals surface area contributed by atoms with Crippen LogP contribution in [0.15, 0.2) is 11.4 Å². The zero-order valence-corrected chi connectivity index (χ0v) is 14.0. The van der Waals surface area contributed by atoms with Gasteiger partial charge in [-0.2, -0.15) is 0 Å². The lowest BCUT2D eigenvalue weighted by Crippen LogP contribution is -2.31. The van der Waals surface area contributed by atoms with Gasteiger partial charge >= 0.3 is 0 Å². The van der Waals surface area contributed by atoms with E-state index in [1.807, 2.05) is 11.3 Å². The van der Waals surface area contributed by atoms with Gasteiger partial charge in [0.2, 0.25) is 0 Å². The monoisotopic (exact) mass is 295 g/mol. The maximum Gasteiger partial charge on any atom is 0.129 e. The fourth-order valence-corrected chi connectivity index (χ4v) is 4.36. The molecule has 1 unspecified atom stereocenters. The van der Waals surface area contributed by atoms with Gasteiger partial charge < -0.3 is 10.1 Å². The highest BCUT2D eigenvalue weighted by atomic mass is 32.1. The van der Waals surface area contributed by atoms with E-state index in [0.29, 0.717) is 6.04 Å².